The number of hydrogen-bond donors (Lipinski definition) is 0. The smallest absolute Gasteiger partial charge is 0.00239 e. The van der Waals surface area contributed by atoms with E-state index in [1.807, 2.05) is 0 Å². The molecule has 4 aromatic carbocycles. The van der Waals surface area contributed by atoms with Crippen LogP contribution in [0.4, 0.5) is 0 Å². The Morgan fingerprint density at radius 2 is 1.27 bits per heavy atom. The molecule has 4 rings (SSSR count). The van der Waals surface area contributed by atoms with E-state index < -0.39 is 0 Å². The lowest BCUT2D eigenvalue weighted by molar-refractivity contribution is 0.740. The molecule has 0 fully saturated rings. The summed E-state index contributed by atoms with van der Waals surface area (Å²) in [6, 6.07) is 20.3. The second-order valence-electron chi connectivity index (χ2n) is 5.82. The third-order valence-corrected chi connectivity index (χ3v) is 4.71. The number of benzene rings is 4. The molecule has 1 unspecified atom stereocenters. The predicted octanol–water partition coefficient (Wildman–Crippen LogP) is 7.37. The van der Waals surface area contributed by atoms with Crippen LogP contribution in [0.1, 0.15) is 46.6 Å². The van der Waals surface area contributed by atoms with Gasteiger partial charge in [-0.1, -0.05) is 83.3 Å². The average molecular weight is 290 g/mol. The van der Waals surface area contributed by atoms with E-state index in [1.54, 1.807) is 0 Å². The fraction of sp³-hybridized carbons (Fsp3) is 0.273. The number of hydrogen-bond acceptors (Lipinski definition) is 0. The second kappa shape index (κ2) is 5.96. The van der Waals surface area contributed by atoms with Gasteiger partial charge in [0.25, 0.3) is 0 Å². The van der Waals surface area contributed by atoms with Gasteiger partial charge in [-0.25, -0.2) is 0 Å². The van der Waals surface area contributed by atoms with Crippen LogP contribution in [0, 0.1) is 0 Å². The molecule has 4 aromatic rings. The zero-order chi connectivity index (χ0) is 13.7. The predicted molar refractivity (Wildman–Crippen MR) is 102 cm³/mol. The van der Waals surface area contributed by atoms with E-state index in [1.165, 1.54) is 44.3 Å². The zero-order valence-corrected chi connectivity index (χ0v) is 12.0. The molecule has 0 aromatic heterocycles. The molecule has 0 amide bonds. The molecule has 0 N–H and O–H groups in total. The maximum atomic E-state index is 2.33. The van der Waals surface area contributed by atoms with Crippen molar-refractivity contribution < 1.29 is 0 Å². The van der Waals surface area contributed by atoms with Crippen LogP contribution in [0.25, 0.3) is 32.3 Å². The van der Waals surface area contributed by atoms with Crippen LogP contribution in [-0.2, 0) is 0 Å². The van der Waals surface area contributed by atoms with Gasteiger partial charge in [0.15, 0.2) is 0 Å². The zero-order valence-electron chi connectivity index (χ0n) is 12.0. The molecular formula is C22H26. The normalized spacial score (nSPS) is 12.3. The van der Waals surface area contributed by atoms with Crippen LogP contribution in [0.3, 0.4) is 0 Å². The van der Waals surface area contributed by atoms with Crippen LogP contribution < -0.4 is 0 Å². The van der Waals surface area contributed by atoms with Crippen LogP contribution >= 0.6 is 0 Å². The van der Waals surface area contributed by atoms with Crippen molar-refractivity contribution in [2.75, 3.05) is 0 Å². The Hall–Kier alpha value is -2.08. The van der Waals surface area contributed by atoms with Crippen molar-refractivity contribution in [1.82, 2.24) is 0 Å². The van der Waals surface area contributed by atoms with Crippen molar-refractivity contribution in [2.24, 2.45) is 0 Å². The molecule has 0 saturated heterocycles. The Morgan fingerprint density at radius 1 is 0.727 bits per heavy atom. The Balaban J connectivity index is 0.000000882. The first-order valence-corrected chi connectivity index (χ1v) is 7.46. The lowest BCUT2D eigenvalue weighted by atomic mass is 9.87. The molecule has 0 radical (unpaired) electrons. The third-order valence-electron chi connectivity index (χ3n) is 4.71. The van der Waals surface area contributed by atoms with Gasteiger partial charge in [-0.3, -0.25) is 0 Å². The van der Waals surface area contributed by atoms with Gasteiger partial charge in [0.05, 0.1) is 0 Å². The first kappa shape index (κ1) is 16.3. The van der Waals surface area contributed by atoms with E-state index >= 15 is 0 Å². The van der Waals surface area contributed by atoms with Crippen LogP contribution in [0.2, 0.25) is 0 Å². The molecule has 0 bridgehead atoms. The van der Waals surface area contributed by atoms with Crippen molar-refractivity contribution in [3.05, 3.63) is 60.2 Å². The lowest BCUT2D eigenvalue weighted by Crippen LogP contribution is -1.94. The second-order valence-corrected chi connectivity index (χ2v) is 5.82. The fourth-order valence-electron chi connectivity index (χ4n) is 3.41. The van der Waals surface area contributed by atoms with Crippen molar-refractivity contribution in [3.63, 3.8) is 0 Å². The van der Waals surface area contributed by atoms with Gasteiger partial charge in [-0.05, 0) is 50.2 Å². The van der Waals surface area contributed by atoms with E-state index in [0.29, 0.717) is 5.92 Å². The van der Waals surface area contributed by atoms with E-state index in [0.717, 1.165) is 0 Å². The van der Waals surface area contributed by atoms with Crippen LogP contribution in [-0.4, -0.2) is 0 Å². The minimum Gasteiger partial charge on any atom is -0.0776 e. The quantitative estimate of drug-likeness (QED) is 0.338. The SMILES string of the molecule is C.C.CCC(C)c1ccc2ccc3cccc4ccc1c2c34. The summed E-state index contributed by atoms with van der Waals surface area (Å²) in [7, 11) is 0. The van der Waals surface area contributed by atoms with E-state index in [-0.39, 0.29) is 14.9 Å². The third kappa shape index (κ3) is 2.14. The van der Waals surface area contributed by atoms with Gasteiger partial charge in [-0.2, -0.15) is 0 Å². The minimum absolute atomic E-state index is 0. The molecule has 0 saturated carbocycles. The highest BCUT2D eigenvalue weighted by Crippen LogP contribution is 2.38. The Kier molecular flexibility index (Phi) is 4.42. The summed E-state index contributed by atoms with van der Waals surface area (Å²) in [5, 5.41) is 8.35. The summed E-state index contributed by atoms with van der Waals surface area (Å²) in [4.78, 5) is 0. The monoisotopic (exact) mass is 290 g/mol. The Labute approximate surface area is 134 Å². The summed E-state index contributed by atoms with van der Waals surface area (Å²) in [6.07, 6.45) is 1.18. The standard InChI is InChI=1S/C20H18.2CH4/c1-3-13(2)17-11-9-16-8-7-14-5-4-6-15-10-12-18(17)20(16)19(14)15;;/h4-13H,3H2,1-2H3;2*1H4. The first-order chi connectivity index (χ1) is 9.79. The molecule has 0 heteroatoms. The van der Waals surface area contributed by atoms with Gasteiger partial charge in [-0.15, -0.1) is 0 Å². The van der Waals surface area contributed by atoms with Crippen LogP contribution in [0.5, 0.6) is 0 Å². The van der Waals surface area contributed by atoms with Crippen molar-refractivity contribution in [1.29, 1.82) is 0 Å². The van der Waals surface area contributed by atoms with Gasteiger partial charge < -0.3 is 0 Å². The highest BCUT2D eigenvalue weighted by Gasteiger charge is 2.13. The maximum Gasteiger partial charge on any atom is -0.00239 e. The summed E-state index contributed by atoms with van der Waals surface area (Å²) in [6.45, 7) is 4.59. The molecule has 0 nitrogen and oxygen atoms in total. The largest absolute Gasteiger partial charge is 0.0776 e. The summed E-state index contributed by atoms with van der Waals surface area (Å²) in [5.74, 6) is 0.611. The molecule has 0 spiro atoms. The Bertz CT molecular complexity index is 886. The molecule has 22 heavy (non-hydrogen) atoms. The molecule has 0 aliphatic heterocycles. The fourth-order valence-corrected chi connectivity index (χ4v) is 3.41. The molecule has 0 aliphatic carbocycles. The van der Waals surface area contributed by atoms with Crippen molar-refractivity contribution >= 4 is 32.3 Å². The Morgan fingerprint density at radius 3 is 1.91 bits per heavy atom. The minimum atomic E-state index is 0. The highest BCUT2D eigenvalue weighted by molar-refractivity contribution is 6.23. The van der Waals surface area contributed by atoms with E-state index in [4.69, 9.17) is 0 Å². The van der Waals surface area contributed by atoms with Crippen LogP contribution in [0.15, 0.2) is 54.6 Å². The molecule has 0 aliphatic rings. The number of rotatable bonds is 2. The van der Waals surface area contributed by atoms with Gasteiger partial charge in [0.2, 0.25) is 0 Å². The topological polar surface area (TPSA) is 0 Å². The van der Waals surface area contributed by atoms with Crippen molar-refractivity contribution in [3.8, 4) is 0 Å². The molecule has 1 atom stereocenters. The van der Waals surface area contributed by atoms with E-state index in [2.05, 4.69) is 68.4 Å². The summed E-state index contributed by atoms with van der Waals surface area (Å²) < 4.78 is 0. The molecule has 114 valence electrons. The molecule has 0 heterocycles. The van der Waals surface area contributed by atoms with E-state index in [9.17, 15) is 0 Å². The first-order valence-electron chi connectivity index (χ1n) is 7.46. The summed E-state index contributed by atoms with van der Waals surface area (Å²) >= 11 is 0. The average Bonchev–Trinajstić information content (AvgIpc) is 2.51. The molecular weight excluding hydrogens is 264 g/mol. The lowest BCUT2D eigenvalue weighted by Gasteiger charge is -2.17. The summed E-state index contributed by atoms with van der Waals surface area (Å²) in [5.41, 5.74) is 1.48. The van der Waals surface area contributed by atoms with Gasteiger partial charge in [0.1, 0.15) is 0 Å². The highest BCUT2D eigenvalue weighted by atomic mass is 14.2. The van der Waals surface area contributed by atoms with Crippen molar-refractivity contribution in [2.45, 2.75) is 41.0 Å². The maximum absolute atomic E-state index is 2.33. The van der Waals surface area contributed by atoms with Gasteiger partial charge >= 0.3 is 0 Å². The van der Waals surface area contributed by atoms with Gasteiger partial charge in [0, 0.05) is 0 Å².